The fourth-order valence-electron chi connectivity index (χ4n) is 0.328. The molecule has 2 N–H and O–H groups in total. The molecule has 0 aromatic carbocycles. The first-order valence-corrected chi connectivity index (χ1v) is 3.32. The van der Waals surface area contributed by atoms with Crippen LogP contribution in [0.4, 0.5) is 0 Å². The second-order valence-corrected chi connectivity index (χ2v) is 2.73. The highest BCUT2D eigenvalue weighted by Crippen LogP contribution is 1.99. The van der Waals surface area contributed by atoms with Gasteiger partial charge in [-0.2, -0.15) is 0 Å². The molecule has 0 fully saturated rings. The molecule has 0 saturated carbocycles. The molecule has 0 spiro atoms. The summed E-state index contributed by atoms with van der Waals surface area (Å²) in [4.78, 5) is 11.3. The van der Waals surface area contributed by atoms with Crippen LogP contribution < -0.4 is 5.73 Å². The Kier molecular flexibility index (Phi) is 3.88. The first-order valence-electron chi connectivity index (χ1n) is 2.88. The number of allylic oxidation sites excluding steroid dienone is 3. The van der Waals surface area contributed by atoms with E-state index in [4.69, 9.17) is 5.73 Å². The lowest BCUT2D eigenvalue weighted by Gasteiger charge is -1.89. The molecular formula is C7H11NOS. The van der Waals surface area contributed by atoms with Crippen molar-refractivity contribution in [2.75, 3.05) is 0 Å². The lowest BCUT2D eigenvalue weighted by Crippen LogP contribution is -2.11. The van der Waals surface area contributed by atoms with Gasteiger partial charge in [0.25, 0.3) is 0 Å². The maximum atomic E-state index is 10.4. The smallest absolute Gasteiger partial charge is 0.244 e. The molecule has 10 heavy (non-hydrogen) atoms. The Labute approximate surface area is 66.2 Å². The van der Waals surface area contributed by atoms with Crippen molar-refractivity contribution in [3.05, 3.63) is 22.6 Å². The van der Waals surface area contributed by atoms with E-state index in [0.29, 0.717) is 5.57 Å². The largest absolute Gasteiger partial charge is 0.366 e. The van der Waals surface area contributed by atoms with Gasteiger partial charge in [0.1, 0.15) is 0 Å². The van der Waals surface area contributed by atoms with Gasteiger partial charge in [0, 0.05) is 5.57 Å². The average Bonchev–Trinajstić information content (AvgIpc) is 1.82. The summed E-state index contributed by atoms with van der Waals surface area (Å²) in [6, 6.07) is 0. The lowest BCUT2D eigenvalue weighted by molar-refractivity contribution is -0.114. The zero-order valence-electron chi connectivity index (χ0n) is 6.09. The predicted octanol–water partition coefficient (Wildman–Crippen LogP) is 1.25. The number of primary amides is 1. The maximum Gasteiger partial charge on any atom is 0.244 e. The zero-order valence-corrected chi connectivity index (χ0v) is 6.98. The van der Waals surface area contributed by atoms with Gasteiger partial charge in [-0.3, -0.25) is 4.79 Å². The zero-order chi connectivity index (χ0) is 8.15. The summed E-state index contributed by atoms with van der Waals surface area (Å²) in [6.45, 7) is 3.49. The van der Waals surface area contributed by atoms with Gasteiger partial charge >= 0.3 is 0 Å². The van der Waals surface area contributed by atoms with Crippen LogP contribution in [-0.4, -0.2) is 5.91 Å². The number of carbonyl (C=O) groups is 1. The van der Waals surface area contributed by atoms with E-state index in [2.05, 4.69) is 12.6 Å². The Morgan fingerprint density at radius 1 is 1.40 bits per heavy atom. The standard InChI is InChI=1S/C7H11NOS/c1-5(7(8)9)3-4-6(2)10/h3-4,10H,1-2H3,(H2,8,9)/b5-3+,6-4-. The third-order valence-corrected chi connectivity index (χ3v) is 1.11. The van der Waals surface area contributed by atoms with Gasteiger partial charge in [0.15, 0.2) is 0 Å². The SMILES string of the molecule is C/C(S)=C/C=C(\C)C(N)=O. The van der Waals surface area contributed by atoms with Gasteiger partial charge in [-0.15, -0.1) is 12.6 Å². The van der Waals surface area contributed by atoms with Crippen molar-refractivity contribution in [1.29, 1.82) is 0 Å². The molecule has 0 atom stereocenters. The summed E-state index contributed by atoms with van der Waals surface area (Å²) in [6.07, 6.45) is 3.37. The molecule has 0 radical (unpaired) electrons. The molecule has 2 nitrogen and oxygen atoms in total. The van der Waals surface area contributed by atoms with E-state index in [9.17, 15) is 4.79 Å². The second kappa shape index (κ2) is 4.17. The number of thiol groups is 1. The van der Waals surface area contributed by atoms with E-state index >= 15 is 0 Å². The van der Waals surface area contributed by atoms with Crippen molar-refractivity contribution in [1.82, 2.24) is 0 Å². The quantitative estimate of drug-likeness (QED) is 0.353. The van der Waals surface area contributed by atoms with Crippen LogP contribution in [0.5, 0.6) is 0 Å². The number of hydrogen-bond donors (Lipinski definition) is 2. The van der Waals surface area contributed by atoms with Crippen LogP contribution >= 0.6 is 12.6 Å². The fraction of sp³-hybridized carbons (Fsp3) is 0.286. The van der Waals surface area contributed by atoms with Gasteiger partial charge in [0.05, 0.1) is 0 Å². The third-order valence-electron chi connectivity index (χ3n) is 0.963. The summed E-state index contributed by atoms with van der Waals surface area (Å²) < 4.78 is 0. The van der Waals surface area contributed by atoms with Crippen molar-refractivity contribution in [3.8, 4) is 0 Å². The third kappa shape index (κ3) is 4.21. The Bertz CT molecular complexity index is 190. The van der Waals surface area contributed by atoms with E-state index in [1.165, 1.54) is 0 Å². The van der Waals surface area contributed by atoms with Crippen LogP contribution in [-0.2, 0) is 4.79 Å². The molecule has 0 aliphatic carbocycles. The van der Waals surface area contributed by atoms with E-state index in [1.807, 2.05) is 6.92 Å². The molecule has 0 rings (SSSR count). The normalized spacial score (nSPS) is 13.5. The minimum atomic E-state index is -0.397. The molecule has 0 aromatic rings. The molecule has 0 saturated heterocycles. The Balaban J connectivity index is 4.19. The van der Waals surface area contributed by atoms with E-state index in [-0.39, 0.29) is 0 Å². The van der Waals surface area contributed by atoms with Crippen LogP contribution in [0.3, 0.4) is 0 Å². The summed E-state index contributed by atoms with van der Waals surface area (Å²) in [7, 11) is 0. The van der Waals surface area contributed by atoms with Crippen LogP contribution in [0, 0.1) is 0 Å². The number of rotatable bonds is 2. The molecule has 3 heteroatoms. The molecule has 0 aliphatic rings. The summed E-state index contributed by atoms with van der Waals surface area (Å²) in [5.41, 5.74) is 5.50. The minimum absolute atomic E-state index is 0.397. The second-order valence-electron chi connectivity index (χ2n) is 2.02. The van der Waals surface area contributed by atoms with Gasteiger partial charge in [-0.05, 0) is 18.8 Å². The Morgan fingerprint density at radius 3 is 2.20 bits per heavy atom. The fourth-order valence-corrected chi connectivity index (χ4v) is 0.402. The number of hydrogen-bond acceptors (Lipinski definition) is 2. The molecule has 56 valence electrons. The molecule has 1 amide bonds. The van der Waals surface area contributed by atoms with Gasteiger partial charge < -0.3 is 5.73 Å². The molecule has 0 bridgehead atoms. The number of amides is 1. The Hall–Kier alpha value is -0.700. The van der Waals surface area contributed by atoms with Gasteiger partial charge in [-0.1, -0.05) is 12.2 Å². The summed E-state index contributed by atoms with van der Waals surface area (Å²) in [5.74, 6) is -0.397. The van der Waals surface area contributed by atoms with Crippen LogP contribution in [0.2, 0.25) is 0 Å². The van der Waals surface area contributed by atoms with Gasteiger partial charge in [0.2, 0.25) is 5.91 Å². The van der Waals surface area contributed by atoms with E-state index in [0.717, 1.165) is 4.91 Å². The monoisotopic (exact) mass is 157 g/mol. The van der Waals surface area contributed by atoms with Crippen LogP contribution in [0.15, 0.2) is 22.6 Å². The minimum Gasteiger partial charge on any atom is -0.366 e. The maximum absolute atomic E-state index is 10.4. The average molecular weight is 157 g/mol. The van der Waals surface area contributed by atoms with Crippen molar-refractivity contribution >= 4 is 18.5 Å². The van der Waals surface area contributed by atoms with Crippen molar-refractivity contribution in [2.45, 2.75) is 13.8 Å². The topological polar surface area (TPSA) is 43.1 Å². The van der Waals surface area contributed by atoms with Crippen molar-refractivity contribution in [2.24, 2.45) is 5.73 Å². The predicted molar refractivity (Wildman–Crippen MR) is 45.7 cm³/mol. The molecule has 0 aliphatic heterocycles. The highest BCUT2D eigenvalue weighted by molar-refractivity contribution is 7.84. The van der Waals surface area contributed by atoms with Crippen LogP contribution in [0.1, 0.15) is 13.8 Å². The van der Waals surface area contributed by atoms with Crippen LogP contribution in [0.25, 0.3) is 0 Å². The first kappa shape index (κ1) is 9.30. The first-order chi connectivity index (χ1) is 4.54. The molecular weight excluding hydrogens is 146 g/mol. The van der Waals surface area contributed by atoms with Gasteiger partial charge in [-0.25, -0.2) is 0 Å². The summed E-state index contributed by atoms with van der Waals surface area (Å²) >= 11 is 4.01. The molecule has 0 aromatic heterocycles. The van der Waals surface area contributed by atoms with E-state index in [1.54, 1.807) is 19.1 Å². The highest BCUT2D eigenvalue weighted by Gasteiger charge is 1.92. The molecule has 0 unspecified atom stereocenters. The molecule has 0 heterocycles. The number of nitrogens with two attached hydrogens (primary N) is 1. The lowest BCUT2D eigenvalue weighted by atomic mass is 10.2. The van der Waals surface area contributed by atoms with E-state index < -0.39 is 5.91 Å². The number of carbonyl (C=O) groups excluding carboxylic acids is 1. The Morgan fingerprint density at radius 2 is 1.90 bits per heavy atom. The van der Waals surface area contributed by atoms with Crippen molar-refractivity contribution < 1.29 is 4.79 Å². The highest BCUT2D eigenvalue weighted by atomic mass is 32.1. The summed E-state index contributed by atoms with van der Waals surface area (Å²) in [5, 5.41) is 0. The van der Waals surface area contributed by atoms with Crippen molar-refractivity contribution in [3.63, 3.8) is 0 Å².